The summed E-state index contributed by atoms with van der Waals surface area (Å²) >= 11 is 0. The van der Waals surface area contributed by atoms with Gasteiger partial charge in [-0.2, -0.15) is 0 Å². The molecule has 1 aromatic carbocycles. The summed E-state index contributed by atoms with van der Waals surface area (Å²) in [6.07, 6.45) is 2.82. The third-order valence-corrected chi connectivity index (χ3v) is 4.96. The summed E-state index contributed by atoms with van der Waals surface area (Å²) in [6, 6.07) is 10.1. The Balaban J connectivity index is 1.47. The molecular weight excluding hydrogens is 326 g/mol. The quantitative estimate of drug-likeness (QED) is 0.790. The predicted octanol–water partition coefficient (Wildman–Crippen LogP) is 2.98. The first-order valence-corrected chi connectivity index (χ1v) is 8.96. The van der Waals surface area contributed by atoms with E-state index in [1.54, 1.807) is 4.52 Å². The molecule has 1 fully saturated rings. The molecular formula is C20H23N5O. The van der Waals surface area contributed by atoms with Crippen LogP contribution in [0.3, 0.4) is 0 Å². The number of nitrogens with one attached hydrogen (secondary N) is 1. The average molecular weight is 349 g/mol. The van der Waals surface area contributed by atoms with Gasteiger partial charge in [0.1, 0.15) is 5.82 Å². The summed E-state index contributed by atoms with van der Waals surface area (Å²) in [5.74, 6) is 0.930. The molecule has 1 N–H and O–H groups in total. The molecule has 1 unspecified atom stereocenters. The second-order valence-corrected chi connectivity index (χ2v) is 7.05. The SMILES string of the molecule is Cc1cn2nc(NC3CCN(C(=O)c4c(C)cccc4C)C3)ccc2n1. The maximum Gasteiger partial charge on any atom is 0.254 e. The van der Waals surface area contributed by atoms with Gasteiger partial charge < -0.3 is 10.2 Å². The lowest BCUT2D eigenvalue weighted by Crippen LogP contribution is -2.32. The number of imidazole rings is 1. The number of aromatic nitrogens is 3. The fourth-order valence-electron chi connectivity index (χ4n) is 3.66. The van der Waals surface area contributed by atoms with E-state index in [1.807, 2.05) is 62.2 Å². The largest absolute Gasteiger partial charge is 0.364 e. The lowest BCUT2D eigenvalue weighted by atomic mass is 10.0. The number of anilines is 1. The molecule has 0 spiro atoms. The molecule has 6 nitrogen and oxygen atoms in total. The van der Waals surface area contributed by atoms with Gasteiger partial charge in [-0.3, -0.25) is 4.79 Å². The number of amides is 1. The zero-order chi connectivity index (χ0) is 18.3. The normalized spacial score (nSPS) is 17.0. The molecule has 134 valence electrons. The molecule has 2 aromatic heterocycles. The molecule has 1 aliphatic heterocycles. The molecule has 1 saturated heterocycles. The maximum absolute atomic E-state index is 12.9. The third-order valence-electron chi connectivity index (χ3n) is 4.96. The molecule has 26 heavy (non-hydrogen) atoms. The van der Waals surface area contributed by atoms with Gasteiger partial charge in [0, 0.05) is 24.7 Å². The highest BCUT2D eigenvalue weighted by molar-refractivity contribution is 5.97. The molecule has 1 amide bonds. The number of aryl methyl sites for hydroxylation is 3. The number of nitrogens with zero attached hydrogens (tertiary/aromatic N) is 4. The van der Waals surface area contributed by atoms with Crippen molar-refractivity contribution >= 4 is 17.4 Å². The summed E-state index contributed by atoms with van der Waals surface area (Å²) in [5.41, 5.74) is 4.69. The highest BCUT2D eigenvalue weighted by Crippen LogP contribution is 2.21. The van der Waals surface area contributed by atoms with Crippen molar-refractivity contribution in [3.8, 4) is 0 Å². The third kappa shape index (κ3) is 3.03. The molecule has 4 rings (SSSR count). The van der Waals surface area contributed by atoms with Crippen LogP contribution in [-0.4, -0.2) is 44.5 Å². The highest BCUT2D eigenvalue weighted by atomic mass is 16.2. The zero-order valence-corrected chi connectivity index (χ0v) is 15.4. The Morgan fingerprint density at radius 3 is 2.69 bits per heavy atom. The minimum absolute atomic E-state index is 0.124. The lowest BCUT2D eigenvalue weighted by Gasteiger charge is -2.19. The van der Waals surface area contributed by atoms with Crippen LogP contribution in [0.2, 0.25) is 0 Å². The van der Waals surface area contributed by atoms with Gasteiger partial charge in [0.2, 0.25) is 0 Å². The average Bonchev–Trinajstić information content (AvgIpc) is 3.20. The van der Waals surface area contributed by atoms with Crippen LogP contribution in [0.1, 0.15) is 33.6 Å². The van der Waals surface area contributed by atoms with Gasteiger partial charge in [-0.15, -0.1) is 5.10 Å². The Morgan fingerprint density at radius 1 is 1.15 bits per heavy atom. The second kappa shape index (κ2) is 6.44. The van der Waals surface area contributed by atoms with E-state index in [9.17, 15) is 4.79 Å². The van der Waals surface area contributed by atoms with E-state index in [4.69, 9.17) is 0 Å². The second-order valence-electron chi connectivity index (χ2n) is 7.05. The van der Waals surface area contributed by atoms with Gasteiger partial charge in [0.05, 0.1) is 11.9 Å². The van der Waals surface area contributed by atoms with Crippen molar-refractivity contribution in [2.24, 2.45) is 0 Å². The van der Waals surface area contributed by atoms with E-state index in [0.29, 0.717) is 6.54 Å². The first-order chi connectivity index (χ1) is 12.5. The number of carbonyl (C=O) groups is 1. The van der Waals surface area contributed by atoms with Crippen molar-refractivity contribution in [3.63, 3.8) is 0 Å². The van der Waals surface area contributed by atoms with Crippen molar-refractivity contribution < 1.29 is 4.79 Å². The smallest absolute Gasteiger partial charge is 0.254 e. The van der Waals surface area contributed by atoms with Crippen LogP contribution in [0.25, 0.3) is 5.65 Å². The summed E-state index contributed by atoms with van der Waals surface area (Å²) in [6.45, 7) is 7.40. The van der Waals surface area contributed by atoms with Crippen LogP contribution in [0.15, 0.2) is 36.5 Å². The molecule has 0 radical (unpaired) electrons. The highest BCUT2D eigenvalue weighted by Gasteiger charge is 2.28. The van der Waals surface area contributed by atoms with Crippen LogP contribution >= 0.6 is 0 Å². The fourth-order valence-corrected chi connectivity index (χ4v) is 3.66. The minimum atomic E-state index is 0.124. The molecule has 1 aliphatic rings. The summed E-state index contributed by atoms with van der Waals surface area (Å²) in [4.78, 5) is 19.3. The van der Waals surface area contributed by atoms with Crippen molar-refractivity contribution in [2.45, 2.75) is 33.2 Å². The predicted molar refractivity (Wildman–Crippen MR) is 102 cm³/mol. The van der Waals surface area contributed by atoms with Gasteiger partial charge in [-0.1, -0.05) is 18.2 Å². The van der Waals surface area contributed by atoms with E-state index >= 15 is 0 Å². The molecule has 6 heteroatoms. The maximum atomic E-state index is 12.9. The molecule has 3 heterocycles. The number of rotatable bonds is 3. The van der Waals surface area contributed by atoms with Gasteiger partial charge in [-0.05, 0) is 50.5 Å². The standard InChI is InChI=1S/C20H23N5O/c1-13-5-4-6-14(2)19(13)20(26)24-10-9-16(12-24)22-17-7-8-18-21-15(3)11-25(18)23-17/h4-8,11,16H,9-10,12H2,1-3H3,(H,22,23). The Bertz CT molecular complexity index is 957. The Kier molecular flexibility index (Phi) is 4.11. The Labute approximate surface area is 152 Å². The van der Waals surface area contributed by atoms with Crippen LogP contribution < -0.4 is 5.32 Å². The number of hydrogen-bond donors (Lipinski definition) is 1. The first kappa shape index (κ1) is 16.6. The summed E-state index contributed by atoms with van der Waals surface area (Å²) in [5, 5.41) is 8.01. The molecule has 0 saturated carbocycles. The number of benzene rings is 1. The first-order valence-electron chi connectivity index (χ1n) is 8.96. The van der Waals surface area contributed by atoms with Crippen molar-refractivity contribution in [1.82, 2.24) is 19.5 Å². The topological polar surface area (TPSA) is 62.5 Å². The Morgan fingerprint density at radius 2 is 1.92 bits per heavy atom. The fraction of sp³-hybridized carbons (Fsp3) is 0.350. The monoisotopic (exact) mass is 349 g/mol. The lowest BCUT2D eigenvalue weighted by molar-refractivity contribution is 0.0790. The number of carbonyl (C=O) groups excluding carboxylic acids is 1. The van der Waals surface area contributed by atoms with Crippen molar-refractivity contribution in [2.75, 3.05) is 18.4 Å². The summed E-state index contributed by atoms with van der Waals surface area (Å²) in [7, 11) is 0. The van der Waals surface area contributed by atoms with Gasteiger partial charge >= 0.3 is 0 Å². The van der Waals surface area contributed by atoms with Crippen LogP contribution in [0, 0.1) is 20.8 Å². The van der Waals surface area contributed by atoms with E-state index < -0.39 is 0 Å². The molecule has 1 atom stereocenters. The molecule has 3 aromatic rings. The van der Waals surface area contributed by atoms with E-state index in [0.717, 1.165) is 46.8 Å². The molecule has 0 aliphatic carbocycles. The summed E-state index contributed by atoms with van der Waals surface area (Å²) < 4.78 is 1.78. The number of fused-ring (bicyclic) bond motifs is 1. The van der Waals surface area contributed by atoms with Gasteiger partial charge in [-0.25, -0.2) is 9.50 Å². The van der Waals surface area contributed by atoms with Crippen LogP contribution in [-0.2, 0) is 0 Å². The van der Waals surface area contributed by atoms with E-state index in [-0.39, 0.29) is 11.9 Å². The minimum Gasteiger partial charge on any atom is -0.364 e. The van der Waals surface area contributed by atoms with Gasteiger partial charge in [0.15, 0.2) is 5.65 Å². The van der Waals surface area contributed by atoms with E-state index in [2.05, 4.69) is 15.4 Å². The Hall–Kier alpha value is -2.89. The molecule has 0 bridgehead atoms. The number of hydrogen-bond acceptors (Lipinski definition) is 4. The van der Waals surface area contributed by atoms with Crippen molar-refractivity contribution in [3.05, 3.63) is 58.9 Å². The van der Waals surface area contributed by atoms with Gasteiger partial charge in [0.25, 0.3) is 5.91 Å². The number of likely N-dealkylation sites (tertiary alicyclic amines) is 1. The van der Waals surface area contributed by atoms with Crippen molar-refractivity contribution in [1.29, 1.82) is 0 Å². The zero-order valence-electron chi connectivity index (χ0n) is 15.4. The van der Waals surface area contributed by atoms with Crippen LogP contribution in [0.4, 0.5) is 5.82 Å². The van der Waals surface area contributed by atoms with E-state index in [1.165, 1.54) is 0 Å². The van der Waals surface area contributed by atoms with Crippen LogP contribution in [0.5, 0.6) is 0 Å².